The molecule has 1 saturated carbocycles. The molecule has 0 heterocycles. The fourth-order valence-corrected chi connectivity index (χ4v) is 6.45. The number of anilines is 1. The number of halogens is 2. The Hall–Kier alpha value is -3.27. The molecule has 1 aliphatic rings. The first-order valence-electron chi connectivity index (χ1n) is 14.2. The molecule has 1 atom stereocenters. The lowest BCUT2D eigenvalue weighted by molar-refractivity contribution is -0.140. The molecule has 0 spiro atoms. The Bertz CT molecular complexity index is 1510. The lowest BCUT2D eigenvalue weighted by Crippen LogP contribution is -2.55. The summed E-state index contributed by atoms with van der Waals surface area (Å²) in [5, 5.41) is 3.60. The van der Waals surface area contributed by atoms with Crippen LogP contribution >= 0.6 is 23.2 Å². The van der Waals surface area contributed by atoms with Crippen LogP contribution in [0.15, 0.2) is 72.8 Å². The molecule has 1 aliphatic carbocycles. The zero-order chi connectivity index (χ0) is 31.0. The minimum atomic E-state index is -3.92. The number of benzene rings is 3. The molecule has 0 bridgehead atoms. The molecule has 11 heteroatoms. The molecule has 0 unspecified atom stereocenters. The molecule has 43 heavy (non-hydrogen) atoms. The molecule has 1 N–H and O–H groups in total. The third-order valence-electron chi connectivity index (χ3n) is 7.58. The topological polar surface area (TPSA) is 96.0 Å². The minimum absolute atomic E-state index is 0.0250. The van der Waals surface area contributed by atoms with Gasteiger partial charge in [0, 0.05) is 19.0 Å². The summed E-state index contributed by atoms with van der Waals surface area (Å²) < 4.78 is 32.3. The van der Waals surface area contributed by atoms with Crippen molar-refractivity contribution in [2.75, 3.05) is 24.2 Å². The summed E-state index contributed by atoms with van der Waals surface area (Å²) in [5.74, 6) is -0.212. The molecular weight excluding hydrogens is 609 g/mol. The van der Waals surface area contributed by atoms with Gasteiger partial charge in [0.1, 0.15) is 18.3 Å². The van der Waals surface area contributed by atoms with Crippen molar-refractivity contribution in [3.05, 3.63) is 94.0 Å². The predicted octanol–water partition coefficient (Wildman–Crippen LogP) is 5.86. The first-order chi connectivity index (χ1) is 20.5. The Morgan fingerprint density at radius 3 is 2.28 bits per heavy atom. The van der Waals surface area contributed by atoms with Crippen LogP contribution in [0, 0.1) is 0 Å². The summed E-state index contributed by atoms with van der Waals surface area (Å²) >= 11 is 12.3. The molecule has 0 aromatic heterocycles. The molecule has 2 amide bonds. The first-order valence-corrected chi connectivity index (χ1v) is 16.8. The third kappa shape index (κ3) is 9.11. The standard InChI is InChI=1S/C32H37Cl2N3O5S/c1-42-27-15-9-12-24(18-27)21-36(31(38)22-37(43(2,40)41)26-16-17-28(33)29(34)20-26)30(19-23-10-5-3-6-11-23)32(39)35-25-13-7-4-8-14-25/h3,5-6,9-12,15-18,20,25,30H,4,7-8,13-14,19,21-22H2,1-2H3,(H,35,39)/t30-/m0/s1. The van der Waals surface area contributed by atoms with E-state index in [4.69, 9.17) is 27.9 Å². The van der Waals surface area contributed by atoms with Gasteiger partial charge in [-0.05, 0) is 54.3 Å². The maximum Gasteiger partial charge on any atom is 0.244 e. The molecule has 3 aromatic rings. The smallest absolute Gasteiger partial charge is 0.244 e. The number of ether oxygens (including phenoxy) is 1. The van der Waals surface area contributed by atoms with Crippen LogP contribution in [0.3, 0.4) is 0 Å². The van der Waals surface area contributed by atoms with E-state index in [0.29, 0.717) is 5.75 Å². The second-order valence-electron chi connectivity index (χ2n) is 10.8. The van der Waals surface area contributed by atoms with Gasteiger partial charge in [-0.1, -0.05) is 84.9 Å². The van der Waals surface area contributed by atoms with Crippen LogP contribution in [0.4, 0.5) is 5.69 Å². The number of hydrogen-bond acceptors (Lipinski definition) is 5. The van der Waals surface area contributed by atoms with Crippen molar-refractivity contribution in [3.8, 4) is 5.75 Å². The molecule has 3 aromatic carbocycles. The fourth-order valence-electron chi connectivity index (χ4n) is 5.32. The molecule has 4 rings (SSSR count). The van der Waals surface area contributed by atoms with Crippen molar-refractivity contribution in [2.24, 2.45) is 0 Å². The number of methoxy groups -OCH3 is 1. The highest BCUT2D eigenvalue weighted by atomic mass is 35.5. The van der Waals surface area contributed by atoms with Crippen LogP contribution in [0.1, 0.15) is 43.2 Å². The Morgan fingerprint density at radius 1 is 0.930 bits per heavy atom. The van der Waals surface area contributed by atoms with Gasteiger partial charge in [-0.3, -0.25) is 13.9 Å². The molecule has 230 valence electrons. The van der Waals surface area contributed by atoms with Crippen molar-refractivity contribution in [1.29, 1.82) is 0 Å². The van der Waals surface area contributed by atoms with Gasteiger partial charge in [-0.25, -0.2) is 8.42 Å². The lowest BCUT2D eigenvalue weighted by Gasteiger charge is -2.35. The normalized spacial score (nSPS) is 14.5. The quantitative estimate of drug-likeness (QED) is 0.266. The van der Waals surface area contributed by atoms with E-state index in [9.17, 15) is 18.0 Å². The zero-order valence-corrected chi connectivity index (χ0v) is 26.7. The molecule has 0 aliphatic heterocycles. The highest BCUT2D eigenvalue weighted by Crippen LogP contribution is 2.29. The van der Waals surface area contributed by atoms with Crippen LogP contribution in [-0.4, -0.2) is 57.1 Å². The minimum Gasteiger partial charge on any atom is -0.497 e. The van der Waals surface area contributed by atoms with E-state index in [1.54, 1.807) is 19.2 Å². The highest BCUT2D eigenvalue weighted by Gasteiger charge is 2.34. The van der Waals surface area contributed by atoms with Crippen LogP contribution in [-0.2, 0) is 32.6 Å². The summed E-state index contributed by atoms with van der Waals surface area (Å²) in [5.41, 5.74) is 1.80. The number of hydrogen-bond donors (Lipinski definition) is 1. The number of amides is 2. The average molecular weight is 647 g/mol. The van der Waals surface area contributed by atoms with E-state index in [0.717, 1.165) is 53.8 Å². The summed E-state index contributed by atoms with van der Waals surface area (Å²) in [4.78, 5) is 29.7. The van der Waals surface area contributed by atoms with E-state index in [1.165, 1.54) is 23.1 Å². The summed E-state index contributed by atoms with van der Waals surface area (Å²) in [6.07, 6.45) is 6.24. The number of carbonyl (C=O) groups is 2. The average Bonchev–Trinajstić information content (AvgIpc) is 2.99. The number of nitrogens with zero attached hydrogens (tertiary/aromatic N) is 2. The predicted molar refractivity (Wildman–Crippen MR) is 171 cm³/mol. The second kappa shape index (κ2) is 14.9. The number of nitrogens with one attached hydrogen (secondary N) is 1. The molecule has 1 fully saturated rings. The summed E-state index contributed by atoms with van der Waals surface area (Å²) in [6, 6.07) is 20.2. The Kier molecular flexibility index (Phi) is 11.3. The zero-order valence-electron chi connectivity index (χ0n) is 24.3. The van der Waals surface area contributed by atoms with Gasteiger partial charge in [-0.2, -0.15) is 0 Å². The lowest BCUT2D eigenvalue weighted by atomic mass is 9.94. The van der Waals surface area contributed by atoms with Crippen LogP contribution in [0.25, 0.3) is 0 Å². The van der Waals surface area contributed by atoms with Crippen molar-refractivity contribution < 1.29 is 22.7 Å². The number of sulfonamides is 1. The summed E-state index contributed by atoms with van der Waals surface area (Å²) in [6.45, 7) is -0.479. The Morgan fingerprint density at radius 2 is 1.63 bits per heavy atom. The van der Waals surface area contributed by atoms with Crippen LogP contribution in [0.5, 0.6) is 5.75 Å². The molecule has 0 radical (unpaired) electrons. The molecular formula is C32H37Cl2N3O5S. The largest absolute Gasteiger partial charge is 0.497 e. The van der Waals surface area contributed by atoms with E-state index < -0.39 is 28.5 Å². The Balaban J connectivity index is 1.74. The maximum absolute atomic E-state index is 14.3. The fraction of sp³-hybridized carbons (Fsp3) is 0.375. The Labute approximate surface area is 264 Å². The van der Waals surface area contributed by atoms with Gasteiger partial charge >= 0.3 is 0 Å². The van der Waals surface area contributed by atoms with Crippen LogP contribution in [0.2, 0.25) is 10.0 Å². The first kappa shape index (κ1) is 32.6. The van der Waals surface area contributed by atoms with E-state index in [1.807, 2.05) is 42.5 Å². The van der Waals surface area contributed by atoms with Crippen LogP contribution < -0.4 is 14.4 Å². The van der Waals surface area contributed by atoms with Crippen molar-refractivity contribution >= 4 is 50.7 Å². The van der Waals surface area contributed by atoms with Gasteiger partial charge in [0.2, 0.25) is 21.8 Å². The van der Waals surface area contributed by atoms with Gasteiger partial charge in [0.15, 0.2) is 0 Å². The number of carbonyl (C=O) groups excluding carboxylic acids is 2. The third-order valence-corrected chi connectivity index (χ3v) is 9.46. The van der Waals surface area contributed by atoms with Gasteiger partial charge in [-0.15, -0.1) is 0 Å². The SMILES string of the molecule is COc1cccc(CN(C(=O)CN(c2ccc(Cl)c(Cl)c2)S(C)(=O)=O)[C@@H](Cc2ccccc2)C(=O)NC2CCCCC2)c1. The number of rotatable bonds is 12. The molecule has 8 nitrogen and oxygen atoms in total. The van der Waals surface area contributed by atoms with Gasteiger partial charge in [0.05, 0.1) is 29.1 Å². The van der Waals surface area contributed by atoms with Crippen molar-refractivity contribution in [2.45, 2.75) is 57.2 Å². The van der Waals surface area contributed by atoms with Gasteiger partial charge in [0.25, 0.3) is 0 Å². The highest BCUT2D eigenvalue weighted by molar-refractivity contribution is 7.92. The maximum atomic E-state index is 14.3. The van der Waals surface area contributed by atoms with E-state index in [-0.39, 0.29) is 40.6 Å². The van der Waals surface area contributed by atoms with Gasteiger partial charge < -0.3 is 15.0 Å². The van der Waals surface area contributed by atoms with E-state index in [2.05, 4.69) is 5.32 Å². The monoisotopic (exact) mass is 645 g/mol. The van der Waals surface area contributed by atoms with Crippen molar-refractivity contribution in [3.63, 3.8) is 0 Å². The summed E-state index contributed by atoms with van der Waals surface area (Å²) in [7, 11) is -2.37. The van der Waals surface area contributed by atoms with E-state index >= 15 is 0 Å². The second-order valence-corrected chi connectivity index (χ2v) is 13.5. The van der Waals surface area contributed by atoms with Crippen molar-refractivity contribution in [1.82, 2.24) is 10.2 Å². The molecule has 0 saturated heterocycles.